The summed E-state index contributed by atoms with van der Waals surface area (Å²) in [6, 6.07) is 20.0. The Bertz CT molecular complexity index is 1400. The van der Waals surface area contributed by atoms with E-state index in [-0.39, 0.29) is 17.5 Å². The molecule has 1 aliphatic rings. The van der Waals surface area contributed by atoms with Crippen molar-refractivity contribution in [1.29, 1.82) is 0 Å². The van der Waals surface area contributed by atoms with Crippen LogP contribution in [0.2, 0.25) is 0 Å². The molecule has 0 saturated carbocycles. The average molecular weight is 482 g/mol. The topological polar surface area (TPSA) is 49.8 Å². The van der Waals surface area contributed by atoms with Crippen LogP contribution in [-0.4, -0.2) is 42.0 Å². The second-order valence-electron chi connectivity index (χ2n) is 10.3. The predicted octanol–water partition coefficient (Wildman–Crippen LogP) is 7.38. The Labute approximate surface area is 213 Å². The molecule has 4 aromatic carbocycles. The molecule has 1 fully saturated rings. The molecule has 0 aliphatic carbocycles. The minimum absolute atomic E-state index is 0.0635. The number of phenols is 1. The van der Waals surface area contributed by atoms with Crippen molar-refractivity contribution in [3.05, 3.63) is 71.8 Å². The molecule has 5 rings (SSSR count). The van der Waals surface area contributed by atoms with E-state index in [2.05, 4.69) is 29.2 Å². The van der Waals surface area contributed by atoms with Gasteiger partial charge >= 0.3 is 0 Å². The van der Waals surface area contributed by atoms with Crippen LogP contribution in [0, 0.1) is 12.8 Å². The summed E-state index contributed by atoms with van der Waals surface area (Å²) in [4.78, 5) is 15.3. The highest BCUT2D eigenvalue weighted by Gasteiger charge is 2.16. The van der Waals surface area contributed by atoms with Crippen molar-refractivity contribution in [3.63, 3.8) is 0 Å². The van der Waals surface area contributed by atoms with Crippen molar-refractivity contribution < 1.29 is 14.6 Å². The molecule has 186 valence electrons. The number of Topliss-reactive ketones (excluding diaryl/α,β-unsaturated/α-hetero) is 1. The molecule has 0 radical (unpaired) electrons. The number of aromatic hydroxyl groups is 1. The maximum Gasteiger partial charge on any atom is 0.165 e. The van der Waals surface area contributed by atoms with Gasteiger partial charge < -0.3 is 9.84 Å². The summed E-state index contributed by atoms with van der Waals surface area (Å²) in [7, 11) is 0. The molecule has 0 bridgehead atoms. The smallest absolute Gasteiger partial charge is 0.165 e. The van der Waals surface area contributed by atoms with Gasteiger partial charge in [-0.15, -0.1) is 0 Å². The van der Waals surface area contributed by atoms with Gasteiger partial charge in [-0.1, -0.05) is 44.5 Å². The van der Waals surface area contributed by atoms with Gasteiger partial charge in [-0.05, 0) is 107 Å². The van der Waals surface area contributed by atoms with Gasteiger partial charge in [0, 0.05) is 18.0 Å². The third kappa shape index (κ3) is 4.96. The number of ketones is 1. The molecule has 0 spiro atoms. The fourth-order valence-corrected chi connectivity index (χ4v) is 5.43. The molecule has 1 aliphatic heterocycles. The van der Waals surface area contributed by atoms with Crippen LogP contribution in [0.15, 0.2) is 60.7 Å². The van der Waals surface area contributed by atoms with Gasteiger partial charge in [-0.3, -0.25) is 9.69 Å². The van der Waals surface area contributed by atoms with E-state index in [4.69, 9.17) is 4.74 Å². The summed E-state index contributed by atoms with van der Waals surface area (Å²) in [6.45, 7) is 9.89. The minimum Gasteiger partial charge on any atom is -0.508 e. The van der Waals surface area contributed by atoms with Crippen LogP contribution in [0.5, 0.6) is 11.5 Å². The Morgan fingerprint density at radius 3 is 2.42 bits per heavy atom. The third-order valence-corrected chi connectivity index (χ3v) is 7.33. The van der Waals surface area contributed by atoms with E-state index in [0.29, 0.717) is 6.61 Å². The molecule has 4 aromatic rings. The van der Waals surface area contributed by atoms with Gasteiger partial charge in [0.15, 0.2) is 5.78 Å². The van der Waals surface area contributed by atoms with E-state index in [0.717, 1.165) is 56.1 Å². The van der Waals surface area contributed by atoms with Gasteiger partial charge in [-0.25, -0.2) is 0 Å². The lowest BCUT2D eigenvalue weighted by Crippen LogP contribution is -2.33. The van der Waals surface area contributed by atoms with E-state index < -0.39 is 0 Å². The average Bonchev–Trinajstić information content (AvgIpc) is 2.88. The zero-order valence-corrected chi connectivity index (χ0v) is 21.5. The molecule has 0 aromatic heterocycles. The van der Waals surface area contributed by atoms with Crippen molar-refractivity contribution >= 4 is 27.3 Å². The highest BCUT2D eigenvalue weighted by molar-refractivity contribution is 6.16. The lowest BCUT2D eigenvalue weighted by molar-refractivity contribution is 0.0939. The number of likely N-dealkylation sites (tertiary alicyclic amines) is 1. The van der Waals surface area contributed by atoms with Gasteiger partial charge in [0.1, 0.15) is 18.1 Å². The monoisotopic (exact) mass is 481 g/mol. The number of aryl methyl sites for hydroxylation is 1. The largest absolute Gasteiger partial charge is 0.508 e. The first kappa shape index (κ1) is 24.3. The Balaban J connectivity index is 1.51. The number of hydrogen-bond donors (Lipinski definition) is 1. The Kier molecular flexibility index (Phi) is 6.97. The molecule has 1 heterocycles. The van der Waals surface area contributed by atoms with Gasteiger partial charge in [0.05, 0.1) is 0 Å². The standard InChI is InChI=1S/C32H35NO3/c1-21(2)32(35)24-9-12-28-30(19-24)29(20-25-18-26(34)17-22(3)31(25)28)23-7-10-27(11-8-23)36-16-15-33-13-5-4-6-14-33/h7-12,17-21,34H,4-6,13-16H2,1-3H3. The van der Waals surface area contributed by atoms with E-state index >= 15 is 0 Å². The summed E-state index contributed by atoms with van der Waals surface area (Å²) in [5.41, 5.74) is 3.84. The quantitative estimate of drug-likeness (QED) is 0.221. The molecule has 4 heteroatoms. The number of piperidine rings is 1. The normalized spacial score (nSPS) is 14.6. The van der Waals surface area contributed by atoms with Crippen molar-refractivity contribution in [2.24, 2.45) is 5.92 Å². The van der Waals surface area contributed by atoms with Gasteiger partial charge in [-0.2, -0.15) is 0 Å². The van der Waals surface area contributed by atoms with Crippen molar-refractivity contribution in [2.45, 2.75) is 40.0 Å². The number of hydrogen-bond acceptors (Lipinski definition) is 4. The van der Waals surface area contributed by atoms with Crippen LogP contribution in [0.4, 0.5) is 0 Å². The summed E-state index contributed by atoms with van der Waals surface area (Å²) in [5, 5.41) is 14.5. The molecule has 0 unspecified atom stereocenters. The number of carbonyl (C=O) groups excluding carboxylic acids is 1. The molecule has 1 saturated heterocycles. The van der Waals surface area contributed by atoms with Crippen molar-refractivity contribution in [1.82, 2.24) is 4.90 Å². The van der Waals surface area contributed by atoms with Crippen LogP contribution >= 0.6 is 0 Å². The first-order chi connectivity index (χ1) is 17.4. The summed E-state index contributed by atoms with van der Waals surface area (Å²) >= 11 is 0. The van der Waals surface area contributed by atoms with E-state index in [1.54, 1.807) is 6.07 Å². The summed E-state index contributed by atoms with van der Waals surface area (Å²) in [5.74, 6) is 1.20. The maximum absolute atomic E-state index is 12.8. The zero-order valence-electron chi connectivity index (χ0n) is 21.5. The summed E-state index contributed by atoms with van der Waals surface area (Å²) in [6.07, 6.45) is 3.92. The fraction of sp³-hybridized carbons (Fsp3) is 0.344. The number of fused-ring (bicyclic) bond motifs is 3. The Hall–Kier alpha value is -3.37. The lowest BCUT2D eigenvalue weighted by atomic mass is 9.89. The molecular weight excluding hydrogens is 446 g/mol. The Morgan fingerprint density at radius 1 is 0.944 bits per heavy atom. The number of rotatable bonds is 7. The van der Waals surface area contributed by atoms with E-state index in [1.807, 2.05) is 51.1 Å². The zero-order chi connectivity index (χ0) is 25.2. The fourth-order valence-electron chi connectivity index (χ4n) is 5.43. The molecule has 36 heavy (non-hydrogen) atoms. The SMILES string of the molecule is Cc1cc(O)cc2cc(-c3ccc(OCCN4CCCCC4)cc3)c3cc(C(=O)C(C)C)ccc3c12. The predicted molar refractivity (Wildman–Crippen MR) is 148 cm³/mol. The number of nitrogens with zero attached hydrogens (tertiary/aromatic N) is 1. The molecular formula is C32H35NO3. The maximum atomic E-state index is 12.8. The highest BCUT2D eigenvalue weighted by atomic mass is 16.5. The number of carbonyl (C=O) groups is 1. The van der Waals surface area contributed by atoms with Crippen molar-refractivity contribution in [2.75, 3.05) is 26.2 Å². The van der Waals surface area contributed by atoms with Crippen LogP contribution in [0.25, 0.3) is 32.7 Å². The van der Waals surface area contributed by atoms with E-state index in [1.165, 1.54) is 32.4 Å². The van der Waals surface area contributed by atoms with Gasteiger partial charge in [0.2, 0.25) is 0 Å². The number of ether oxygens (including phenoxy) is 1. The molecule has 4 nitrogen and oxygen atoms in total. The Morgan fingerprint density at radius 2 is 1.69 bits per heavy atom. The van der Waals surface area contributed by atoms with Crippen LogP contribution < -0.4 is 4.74 Å². The second kappa shape index (κ2) is 10.3. The lowest BCUT2D eigenvalue weighted by Gasteiger charge is -2.26. The van der Waals surface area contributed by atoms with Gasteiger partial charge in [0.25, 0.3) is 0 Å². The molecule has 0 atom stereocenters. The van der Waals surface area contributed by atoms with Crippen LogP contribution in [0.3, 0.4) is 0 Å². The van der Waals surface area contributed by atoms with Crippen LogP contribution in [-0.2, 0) is 0 Å². The third-order valence-electron chi connectivity index (χ3n) is 7.33. The van der Waals surface area contributed by atoms with Crippen LogP contribution in [0.1, 0.15) is 49.0 Å². The second-order valence-corrected chi connectivity index (χ2v) is 10.3. The van der Waals surface area contributed by atoms with E-state index in [9.17, 15) is 9.90 Å². The number of benzene rings is 4. The molecule has 1 N–H and O–H groups in total. The first-order valence-electron chi connectivity index (χ1n) is 13.1. The highest BCUT2D eigenvalue weighted by Crippen LogP contribution is 2.39. The van der Waals surface area contributed by atoms with Crippen molar-refractivity contribution in [3.8, 4) is 22.6 Å². The first-order valence-corrected chi connectivity index (χ1v) is 13.1. The summed E-state index contributed by atoms with van der Waals surface area (Å²) < 4.78 is 6.05. The number of phenolic OH excluding ortho intramolecular Hbond substituents is 1. The molecule has 0 amide bonds. The minimum atomic E-state index is -0.0635.